The fraction of sp³-hybridized carbons (Fsp3) is 0.100. The average molecular weight is 338 g/mol. The van der Waals surface area contributed by atoms with Crippen molar-refractivity contribution in [2.24, 2.45) is 0 Å². The predicted octanol–water partition coefficient (Wildman–Crippen LogP) is 0.244. The predicted molar refractivity (Wildman–Crippen MR) is 92.7 cm³/mol. The van der Waals surface area contributed by atoms with E-state index in [9.17, 15) is 9.90 Å². The van der Waals surface area contributed by atoms with Crippen LogP contribution in [-0.2, 0) is 6.54 Å². The molecule has 0 saturated heterocycles. The molecule has 4 rings (SSSR count). The number of carboxylic acid groups (broad SMARTS) is 1. The molecule has 4 nitrogen and oxygen atoms in total. The van der Waals surface area contributed by atoms with Gasteiger partial charge in [-0.15, -0.1) is 0 Å². The molecule has 0 aliphatic heterocycles. The number of carbonyl (C=O) groups is 1. The van der Waals surface area contributed by atoms with E-state index in [0.29, 0.717) is 5.69 Å². The molecule has 2 aromatic carbocycles. The Labute approximate surface area is 167 Å². The van der Waals surface area contributed by atoms with Gasteiger partial charge in [-0.3, -0.25) is 0 Å². The van der Waals surface area contributed by atoms with E-state index < -0.39 is 5.97 Å². The molecule has 2 heterocycles. The van der Waals surface area contributed by atoms with Gasteiger partial charge >= 0.3 is 29.6 Å². The van der Waals surface area contributed by atoms with Crippen LogP contribution in [0.1, 0.15) is 17.4 Å². The Hall–Kier alpha value is -2.14. The third-order valence-corrected chi connectivity index (χ3v) is 4.32. The molecule has 0 amide bonds. The summed E-state index contributed by atoms with van der Waals surface area (Å²) >= 11 is 0. The topological polar surface area (TPSA) is 58.0 Å². The van der Waals surface area contributed by atoms with E-state index in [0.717, 1.165) is 33.9 Å². The number of carboxylic acids is 1. The fourth-order valence-electron chi connectivity index (χ4n) is 3.30. The summed E-state index contributed by atoms with van der Waals surface area (Å²) in [6.07, 6.45) is 0. The molecule has 0 spiro atoms. The average Bonchev–Trinajstić information content (AvgIpc) is 2.95. The van der Waals surface area contributed by atoms with Gasteiger partial charge in [-0.05, 0) is 19.1 Å². The van der Waals surface area contributed by atoms with Gasteiger partial charge in [-0.2, -0.15) is 0 Å². The van der Waals surface area contributed by atoms with Crippen LogP contribution in [0.15, 0.2) is 60.7 Å². The van der Waals surface area contributed by atoms with Crippen LogP contribution in [0.5, 0.6) is 0 Å². The second kappa shape index (κ2) is 7.00. The summed E-state index contributed by atoms with van der Waals surface area (Å²) in [4.78, 5) is 15.9. The second-order valence-electron chi connectivity index (χ2n) is 5.67. The number of fused-ring (bicyclic) bond motifs is 3. The molecule has 0 unspecified atom stereocenters. The van der Waals surface area contributed by atoms with Crippen molar-refractivity contribution in [2.75, 3.05) is 0 Å². The van der Waals surface area contributed by atoms with Gasteiger partial charge in [0.25, 0.3) is 0 Å². The van der Waals surface area contributed by atoms with Crippen LogP contribution in [0, 0.1) is 0 Å². The summed E-state index contributed by atoms with van der Waals surface area (Å²) in [7, 11) is 0. The molecular weight excluding hydrogens is 323 g/mol. The summed E-state index contributed by atoms with van der Waals surface area (Å²) in [5.74, 6) is -1.26. The molecule has 0 radical (unpaired) electrons. The maximum absolute atomic E-state index is 11.5. The first-order chi connectivity index (χ1) is 11.7. The van der Waals surface area contributed by atoms with E-state index in [1.807, 2.05) is 54.6 Å². The first-order valence-corrected chi connectivity index (χ1v) is 7.89. The third kappa shape index (κ3) is 2.86. The van der Waals surface area contributed by atoms with Crippen molar-refractivity contribution in [1.29, 1.82) is 0 Å². The molecule has 0 atom stereocenters. The zero-order chi connectivity index (χ0) is 16.7. The van der Waals surface area contributed by atoms with E-state index in [2.05, 4.69) is 16.5 Å². The summed E-state index contributed by atoms with van der Waals surface area (Å²) in [5, 5.41) is 13.4. The minimum absolute atomic E-state index is 0. The number of para-hydroxylation sites is 1. The Bertz CT molecular complexity index is 1070. The number of rotatable bonds is 3. The molecule has 118 valence electrons. The third-order valence-electron chi connectivity index (χ3n) is 4.32. The number of aromatic nitrogens is 2. The Balaban J connectivity index is 0.00000182. The van der Waals surface area contributed by atoms with Gasteiger partial charge in [0.05, 0.1) is 22.9 Å². The van der Waals surface area contributed by atoms with E-state index in [4.69, 9.17) is 0 Å². The van der Waals surface area contributed by atoms with E-state index in [-0.39, 0.29) is 35.3 Å². The largest absolute Gasteiger partial charge is 1.00 e. The molecular formula is C20H15N2NaO2. The Morgan fingerprint density at radius 1 is 1.04 bits per heavy atom. The number of nitrogens with zero attached hydrogens (tertiary/aromatic N) is 2. The SMILES string of the molecule is CCn1c2ccccc2c2cc(C(=O)[O-])nc(-c3ccccc3)c21.[Na+]. The zero-order valence-corrected chi connectivity index (χ0v) is 16.2. The summed E-state index contributed by atoms with van der Waals surface area (Å²) < 4.78 is 2.18. The minimum atomic E-state index is -1.26. The van der Waals surface area contributed by atoms with Gasteiger partial charge in [0.2, 0.25) is 0 Å². The van der Waals surface area contributed by atoms with E-state index in [1.54, 1.807) is 6.07 Å². The number of carbonyl (C=O) groups excluding carboxylic acids is 1. The van der Waals surface area contributed by atoms with E-state index in [1.165, 1.54) is 0 Å². The summed E-state index contributed by atoms with van der Waals surface area (Å²) in [5.41, 5.74) is 3.55. The zero-order valence-electron chi connectivity index (χ0n) is 14.2. The monoisotopic (exact) mass is 338 g/mol. The maximum Gasteiger partial charge on any atom is 1.00 e. The second-order valence-corrected chi connectivity index (χ2v) is 5.67. The van der Waals surface area contributed by atoms with Crippen LogP contribution >= 0.6 is 0 Å². The smallest absolute Gasteiger partial charge is 0.543 e. The standard InChI is InChI=1S/C20H16N2O2.Na/c1-2-22-17-11-7-6-10-14(17)15-12-16(20(23)24)21-18(19(15)22)13-8-4-3-5-9-13;/h3-12H,2H2,1H3,(H,23,24);/q;+1/p-1. The van der Waals surface area contributed by atoms with Gasteiger partial charge in [0.15, 0.2) is 0 Å². The molecule has 25 heavy (non-hydrogen) atoms. The van der Waals surface area contributed by atoms with Crippen molar-refractivity contribution in [3.05, 3.63) is 66.4 Å². The number of benzene rings is 2. The Kier molecular flexibility index (Phi) is 4.95. The molecule has 0 N–H and O–H groups in total. The first kappa shape index (κ1) is 17.7. The minimum Gasteiger partial charge on any atom is -0.543 e. The fourth-order valence-corrected chi connectivity index (χ4v) is 3.30. The quantitative estimate of drug-likeness (QED) is 0.503. The van der Waals surface area contributed by atoms with Crippen molar-refractivity contribution in [3.8, 4) is 11.3 Å². The molecule has 0 bridgehead atoms. The van der Waals surface area contributed by atoms with Crippen LogP contribution < -0.4 is 34.7 Å². The number of pyridine rings is 1. The van der Waals surface area contributed by atoms with Gasteiger partial charge in [-0.25, -0.2) is 4.98 Å². The molecule has 0 aliphatic carbocycles. The van der Waals surface area contributed by atoms with Crippen molar-refractivity contribution in [2.45, 2.75) is 13.5 Å². The van der Waals surface area contributed by atoms with Gasteiger partial charge in [-0.1, -0.05) is 48.5 Å². The van der Waals surface area contributed by atoms with Crippen LogP contribution in [0.4, 0.5) is 0 Å². The number of hydrogen-bond donors (Lipinski definition) is 0. The Morgan fingerprint density at radius 3 is 2.40 bits per heavy atom. The molecule has 0 fully saturated rings. The molecule has 4 aromatic rings. The number of aryl methyl sites for hydroxylation is 1. The van der Waals surface area contributed by atoms with Gasteiger partial charge in [0, 0.05) is 28.4 Å². The molecule has 0 saturated carbocycles. The number of aromatic carboxylic acids is 1. The van der Waals surface area contributed by atoms with Crippen LogP contribution in [0.2, 0.25) is 0 Å². The van der Waals surface area contributed by atoms with Crippen LogP contribution in [-0.4, -0.2) is 15.5 Å². The summed E-state index contributed by atoms with van der Waals surface area (Å²) in [6, 6.07) is 19.3. The Morgan fingerprint density at radius 2 is 1.72 bits per heavy atom. The van der Waals surface area contributed by atoms with Crippen molar-refractivity contribution >= 4 is 27.8 Å². The van der Waals surface area contributed by atoms with Gasteiger partial charge < -0.3 is 14.5 Å². The van der Waals surface area contributed by atoms with E-state index >= 15 is 0 Å². The maximum atomic E-state index is 11.5. The van der Waals surface area contributed by atoms with Crippen LogP contribution in [0.25, 0.3) is 33.1 Å². The molecule has 2 aromatic heterocycles. The van der Waals surface area contributed by atoms with Crippen molar-refractivity contribution in [3.63, 3.8) is 0 Å². The molecule has 0 aliphatic rings. The van der Waals surface area contributed by atoms with Crippen molar-refractivity contribution in [1.82, 2.24) is 9.55 Å². The van der Waals surface area contributed by atoms with Crippen molar-refractivity contribution < 1.29 is 39.5 Å². The normalized spacial score (nSPS) is 10.8. The van der Waals surface area contributed by atoms with Gasteiger partial charge in [0.1, 0.15) is 0 Å². The first-order valence-electron chi connectivity index (χ1n) is 7.89. The summed E-state index contributed by atoms with van der Waals surface area (Å²) in [6.45, 7) is 2.85. The number of hydrogen-bond acceptors (Lipinski definition) is 3. The molecule has 5 heteroatoms. The van der Waals surface area contributed by atoms with Crippen LogP contribution in [0.3, 0.4) is 0 Å².